The molecule has 1 saturated heterocycles. The zero-order chi connectivity index (χ0) is 15.3. The Morgan fingerprint density at radius 2 is 2.05 bits per heavy atom. The molecule has 120 valence electrons. The van der Waals surface area contributed by atoms with Gasteiger partial charge in [-0.15, -0.1) is 0 Å². The van der Waals surface area contributed by atoms with Gasteiger partial charge in [-0.3, -0.25) is 9.79 Å². The number of nitrogens with one attached hydrogen (secondary N) is 1. The van der Waals surface area contributed by atoms with E-state index in [1.807, 2.05) is 14.0 Å². The van der Waals surface area contributed by atoms with Crippen molar-refractivity contribution in [1.29, 1.82) is 0 Å². The summed E-state index contributed by atoms with van der Waals surface area (Å²) in [6.45, 7) is 4.63. The summed E-state index contributed by atoms with van der Waals surface area (Å²) in [6.07, 6.45) is 8.14. The Bertz CT molecular complexity index is 389. The van der Waals surface area contributed by atoms with Crippen LogP contribution in [0.4, 0.5) is 0 Å². The number of hydrogen-bond donors (Lipinski definition) is 1. The minimum atomic E-state index is -0.178. The molecule has 0 radical (unpaired) electrons. The Morgan fingerprint density at radius 1 is 1.33 bits per heavy atom. The molecule has 1 unspecified atom stereocenters. The van der Waals surface area contributed by atoms with Crippen LogP contribution in [0.25, 0.3) is 0 Å². The number of methoxy groups -OCH3 is 1. The summed E-state index contributed by atoms with van der Waals surface area (Å²) in [5.74, 6) is 0.592. The minimum Gasteiger partial charge on any atom is -0.469 e. The summed E-state index contributed by atoms with van der Waals surface area (Å²) in [7, 11) is 3.25. The lowest BCUT2D eigenvalue weighted by molar-refractivity contribution is -0.144. The van der Waals surface area contributed by atoms with Crippen LogP contribution in [0.3, 0.4) is 0 Å². The monoisotopic (exact) mass is 295 g/mol. The molecule has 2 aliphatic rings. The fourth-order valence-electron chi connectivity index (χ4n) is 3.69. The molecule has 0 bridgehead atoms. The first-order chi connectivity index (χ1) is 10.1. The first kappa shape index (κ1) is 16.1. The Hall–Kier alpha value is -1.26. The molecule has 5 heteroatoms. The fourth-order valence-corrected chi connectivity index (χ4v) is 3.69. The maximum atomic E-state index is 11.5. The molecule has 1 saturated carbocycles. The van der Waals surface area contributed by atoms with E-state index in [0.29, 0.717) is 12.0 Å². The minimum absolute atomic E-state index is 0.155. The van der Waals surface area contributed by atoms with E-state index in [1.165, 1.54) is 45.6 Å². The second-order valence-electron chi connectivity index (χ2n) is 6.58. The lowest BCUT2D eigenvalue weighted by Crippen LogP contribution is -2.43. The number of aliphatic imine (C=N–C) groups is 1. The molecule has 1 aliphatic heterocycles. The van der Waals surface area contributed by atoms with Crippen molar-refractivity contribution in [1.82, 2.24) is 10.2 Å². The maximum Gasteiger partial charge on any atom is 0.310 e. The van der Waals surface area contributed by atoms with Crippen molar-refractivity contribution in [2.45, 2.75) is 45.4 Å². The van der Waals surface area contributed by atoms with Crippen LogP contribution in [-0.2, 0) is 9.53 Å². The molecule has 5 nitrogen and oxygen atoms in total. The van der Waals surface area contributed by atoms with E-state index in [4.69, 9.17) is 4.74 Å². The Balaban J connectivity index is 1.86. The van der Waals surface area contributed by atoms with E-state index >= 15 is 0 Å². The lowest BCUT2D eigenvalue weighted by Gasteiger charge is -2.33. The molecular weight excluding hydrogens is 266 g/mol. The van der Waals surface area contributed by atoms with E-state index in [2.05, 4.69) is 15.2 Å². The number of carbonyl (C=O) groups excluding carboxylic acids is 1. The average molecular weight is 295 g/mol. The van der Waals surface area contributed by atoms with Gasteiger partial charge in [0.05, 0.1) is 13.0 Å². The van der Waals surface area contributed by atoms with Crippen molar-refractivity contribution >= 4 is 11.9 Å². The number of esters is 1. The van der Waals surface area contributed by atoms with E-state index < -0.39 is 0 Å². The highest BCUT2D eigenvalue weighted by Crippen LogP contribution is 2.43. The van der Waals surface area contributed by atoms with Crippen molar-refractivity contribution in [3.63, 3.8) is 0 Å². The highest BCUT2D eigenvalue weighted by atomic mass is 16.5. The van der Waals surface area contributed by atoms with Crippen molar-refractivity contribution in [3.05, 3.63) is 0 Å². The largest absolute Gasteiger partial charge is 0.469 e. The van der Waals surface area contributed by atoms with Gasteiger partial charge in [0.1, 0.15) is 0 Å². The molecule has 2 fully saturated rings. The molecular formula is C16H29N3O2. The number of nitrogens with zero attached hydrogens (tertiary/aromatic N) is 2. The summed E-state index contributed by atoms with van der Waals surface area (Å²) < 4.78 is 4.76. The second kappa shape index (κ2) is 7.14. The molecule has 0 aromatic heterocycles. The van der Waals surface area contributed by atoms with Gasteiger partial charge in [0.15, 0.2) is 5.96 Å². The average Bonchev–Trinajstić information content (AvgIpc) is 2.91. The number of ether oxygens (including phenoxy) is 1. The summed E-state index contributed by atoms with van der Waals surface area (Å²) in [6, 6.07) is 0. The van der Waals surface area contributed by atoms with Gasteiger partial charge in [-0.2, -0.15) is 0 Å². The van der Waals surface area contributed by atoms with Gasteiger partial charge in [0.25, 0.3) is 0 Å². The van der Waals surface area contributed by atoms with Crippen LogP contribution in [0.5, 0.6) is 0 Å². The Labute approximate surface area is 128 Å². The third-order valence-corrected chi connectivity index (χ3v) is 5.03. The van der Waals surface area contributed by atoms with Gasteiger partial charge < -0.3 is 15.0 Å². The van der Waals surface area contributed by atoms with E-state index in [1.54, 1.807) is 0 Å². The predicted molar refractivity (Wildman–Crippen MR) is 84.2 cm³/mol. The molecule has 0 aromatic rings. The van der Waals surface area contributed by atoms with Crippen molar-refractivity contribution < 1.29 is 9.53 Å². The van der Waals surface area contributed by atoms with Gasteiger partial charge in [0, 0.05) is 26.7 Å². The zero-order valence-corrected chi connectivity index (χ0v) is 13.7. The summed E-state index contributed by atoms with van der Waals surface area (Å²) >= 11 is 0. The number of carbonyl (C=O) groups is 1. The van der Waals surface area contributed by atoms with Gasteiger partial charge in [-0.1, -0.05) is 26.2 Å². The Morgan fingerprint density at radius 3 is 2.67 bits per heavy atom. The lowest BCUT2D eigenvalue weighted by atomic mass is 9.73. The van der Waals surface area contributed by atoms with Gasteiger partial charge in [-0.05, 0) is 24.7 Å². The molecule has 2 rings (SSSR count). The zero-order valence-electron chi connectivity index (χ0n) is 13.7. The van der Waals surface area contributed by atoms with Crippen LogP contribution in [0.1, 0.15) is 45.4 Å². The second-order valence-corrected chi connectivity index (χ2v) is 6.58. The van der Waals surface area contributed by atoms with E-state index in [0.717, 1.165) is 19.0 Å². The molecule has 0 amide bonds. The molecule has 1 N–H and O–H groups in total. The van der Waals surface area contributed by atoms with Crippen LogP contribution < -0.4 is 5.32 Å². The molecule has 1 aliphatic carbocycles. The number of rotatable bonds is 3. The third-order valence-electron chi connectivity index (χ3n) is 5.03. The maximum absolute atomic E-state index is 11.5. The first-order valence-corrected chi connectivity index (χ1v) is 8.14. The molecule has 21 heavy (non-hydrogen) atoms. The van der Waals surface area contributed by atoms with E-state index in [-0.39, 0.29) is 11.9 Å². The highest BCUT2D eigenvalue weighted by molar-refractivity contribution is 5.81. The van der Waals surface area contributed by atoms with Crippen LogP contribution in [0.15, 0.2) is 4.99 Å². The third kappa shape index (κ3) is 3.89. The number of guanidine groups is 1. The Kier molecular flexibility index (Phi) is 5.48. The highest BCUT2D eigenvalue weighted by Gasteiger charge is 2.39. The topological polar surface area (TPSA) is 53.9 Å². The van der Waals surface area contributed by atoms with Crippen molar-refractivity contribution in [2.24, 2.45) is 16.3 Å². The predicted octanol–water partition coefficient (Wildman–Crippen LogP) is 2.03. The standard InChI is InChI=1S/C16H29N3O2/c1-13(14(20)21-3)11-18-15(17-2)19-10-9-16(12-19)7-5-4-6-8-16/h13H,4-12H2,1-3H3,(H,17,18). The van der Waals surface area contributed by atoms with Gasteiger partial charge in [0.2, 0.25) is 0 Å². The van der Waals surface area contributed by atoms with Crippen LogP contribution in [-0.4, -0.2) is 50.6 Å². The SMILES string of the molecule is CN=C(NCC(C)C(=O)OC)N1CCC2(CCCCC2)C1. The molecule has 0 aromatic carbocycles. The quantitative estimate of drug-likeness (QED) is 0.492. The van der Waals surface area contributed by atoms with E-state index in [9.17, 15) is 4.79 Å². The van der Waals surface area contributed by atoms with Crippen LogP contribution in [0.2, 0.25) is 0 Å². The number of hydrogen-bond acceptors (Lipinski definition) is 3. The normalized spacial score (nSPS) is 23.2. The fraction of sp³-hybridized carbons (Fsp3) is 0.875. The van der Waals surface area contributed by atoms with Crippen molar-refractivity contribution in [2.75, 3.05) is 33.8 Å². The summed E-state index contributed by atoms with van der Waals surface area (Å²) in [5.41, 5.74) is 0.518. The van der Waals surface area contributed by atoms with Gasteiger partial charge >= 0.3 is 5.97 Å². The summed E-state index contributed by atoms with van der Waals surface area (Å²) in [5, 5.41) is 3.32. The van der Waals surface area contributed by atoms with Gasteiger partial charge in [-0.25, -0.2) is 0 Å². The smallest absolute Gasteiger partial charge is 0.310 e. The van der Waals surface area contributed by atoms with Crippen LogP contribution in [0, 0.1) is 11.3 Å². The first-order valence-electron chi connectivity index (χ1n) is 8.14. The molecule has 1 atom stereocenters. The van der Waals surface area contributed by atoms with Crippen LogP contribution >= 0.6 is 0 Å². The number of likely N-dealkylation sites (tertiary alicyclic amines) is 1. The summed E-state index contributed by atoms with van der Waals surface area (Å²) in [4.78, 5) is 18.2. The van der Waals surface area contributed by atoms with Crippen molar-refractivity contribution in [3.8, 4) is 0 Å². The molecule has 1 heterocycles. The molecule has 1 spiro atoms.